The lowest BCUT2D eigenvalue weighted by molar-refractivity contribution is 0.549. The second-order valence-corrected chi connectivity index (χ2v) is 4.38. The molecule has 0 aliphatic heterocycles. The molecule has 1 aliphatic carbocycles. The summed E-state index contributed by atoms with van der Waals surface area (Å²) >= 11 is 0. The van der Waals surface area contributed by atoms with Crippen LogP contribution in [0.15, 0.2) is 24.3 Å². The van der Waals surface area contributed by atoms with Crippen molar-refractivity contribution in [1.82, 2.24) is 0 Å². The van der Waals surface area contributed by atoms with E-state index in [0.717, 1.165) is 23.4 Å². The maximum atomic E-state index is 5.92. The van der Waals surface area contributed by atoms with Gasteiger partial charge in [0.05, 0.1) is 0 Å². The number of rotatable bonds is 2. The largest absolute Gasteiger partial charge is 0.398 e. The van der Waals surface area contributed by atoms with Crippen LogP contribution in [-0.2, 0) is 0 Å². The van der Waals surface area contributed by atoms with Crippen LogP contribution in [0.25, 0.3) is 0 Å². The summed E-state index contributed by atoms with van der Waals surface area (Å²) in [6.07, 6.45) is 1.33. The van der Waals surface area contributed by atoms with Crippen LogP contribution in [0, 0.1) is 11.8 Å². The maximum absolute atomic E-state index is 5.92. The minimum Gasteiger partial charge on any atom is -0.398 e. The molecule has 1 fully saturated rings. The van der Waals surface area contributed by atoms with Crippen LogP contribution in [0.2, 0.25) is 0 Å². The molecule has 0 radical (unpaired) electrons. The molecule has 2 rings (SSSR count). The van der Waals surface area contributed by atoms with E-state index in [1.807, 2.05) is 12.1 Å². The Morgan fingerprint density at radius 3 is 2.54 bits per heavy atom. The highest BCUT2D eigenvalue weighted by Crippen LogP contribution is 2.52. The summed E-state index contributed by atoms with van der Waals surface area (Å²) in [4.78, 5) is 0. The van der Waals surface area contributed by atoms with Crippen LogP contribution in [0.1, 0.15) is 31.7 Å². The Morgan fingerprint density at radius 2 is 2.00 bits per heavy atom. The van der Waals surface area contributed by atoms with Crippen molar-refractivity contribution >= 4 is 5.69 Å². The number of nitrogens with two attached hydrogens (primary N) is 1. The van der Waals surface area contributed by atoms with Crippen LogP contribution in [0.3, 0.4) is 0 Å². The molecule has 0 spiro atoms. The van der Waals surface area contributed by atoms with Gasteiger partial charge in [0, 0.05) is 5.69 Å². The summed E-state index contributed by atoms with van der Waals surface area (Å²) in [5.74, 6) is 2.40. The van der Waals surface area contributed by atoms with Gasteiger partial charge in [-0.2, -0.15) is 0 Å². The number of benzene rings is 1. The fraction of sp³-hybridized carbons (Fsp3) is 0.500. The molecule has 0 bridgehead atoms. The monoisotopic (exact) mass is 175 g/mol. The molecule has 1 saturated carbocycles. The van der Waals surface area contributed by atoms with Crippen LogP contribution in [-0.4, -0.2) is 0 Å². The molecule has 2 N–H and O–H groups in total. The zero-order chi connectivity index (χ0) is 9.42. The summed E-state index contributed by atoms with van der Waals surface area (Å²) in [6, 6.07) is 8.26. The summed E-state index contributed by atoms with van der Waals surface area (Å²) in [6.45, 7) is 4.59. The maximum Gasteiger partial charge on any atom is 0.0349 e. The van der Waals surface area contributed by atoms with Crippen molar-refractivity contribution in [2.45, 2.75) is 26.2 Å². The van der Waals surface area contributed by atoms with Crippen LogP contribution in [0.5, 0.6) is 0 Å². The van der Waals surface area contributed by atoms with Gasteiger partial charge in [-0.15, -0.1) is 0 Å². The van der Waals surface area contributed by atoms with Gasteiger partial charge in [0.15, 0.2) is 0 Å². The predicted octanol–water partition coefficient (Wildman–Crippen LogP) is 3.03. The van der Waals surface area contributed by atoms with Crippen molar-refractivity contribution in [3.63, 3.8) is 0 Å². The number of hydrogen-bond acceptors (Lipinski definition) is 1. The molecule has 0 aromatic heterocycles. The summed E-state index contributed by atoms with van der Waals surface area (Å²) < 4.78 is 0. The summed E-state index contributed by atoms with van der Waals surface area (Å²) in [5, 5.41) is 0. The van der Waals surface area contributed by atoms with E-state index in [1.54, 1.807) is 0 Å². The SMILES string of the molecule is CC(C)[C@H]1C[C@@H]1c1ccccc1N. The molecule has 70 valence electrons. The zero-order valence-electron chi connectivity index (χ0n) is 8.33. The second kappa shape index (κ2) is 3.06. The van der Waals surface area contributed by atoms with Crippen molar-refractivity contribution in [2.75, 3.05) is 5.73 Å². The van der Waals surface area contributed by atoms with E-state index in [2.05, 4.69) is 26.0 Å². The van der Waals surface area contributed by atoms with Gasteiger partial charge in [-0.05, 0) is 35.8 Å². The molecule has 2 atom stereocenters. The van der Waals surface area contributed by atoms with Crippen molar-refractivity contribution in [1.29, 1.82) is 0 Å². The first-order valence-electron chi connectivity index (χ1n) is 5.04. The van der Waals surface area contributed by atoms with Gasteiger partial charge < -0.3 is 5.73 Å². The molecule has 1 heteroatoms. The molecule has 0 unspecified atom stereocenters. The van der Waals surface area contributed by atoms with Crippen LogP contribution >= 0.6 is 0 Å². The minimum absolute atomic E-state index is 0.737. The smallest absolute Gasteiger partial charge is 0.0349 e. The summed E-state index contributed by atoms with van der Waals surface area (Å²) in [7, 11) is 0. The van der Waals surface area contributed by atoms with E-state index < -0.39 is 0 Å². The lowest BCUT2D eigenvalue weighted by Gasteiger charge is -2.06. The van der Waals surface area contributed by atoms with Gasteiger partial charge in [-0.25, -0.2) is 0 Å². The molecular formula is C12H17N. The third-order valence-corrected chi connectivity index (χ3v) is 3.09. The fourth-order valence-corrected chi connectivity index (χ4v) is 2.16. The number of anilines is 1. The van der Waals surface area contributed by atoms with Gasteiger partial charge in [-0.3, -0.25) is 0 Å². The highest BCUT2D eigenvalue weighted by Gasteiger charge is 2.40. The molecule has 1 aromatic carbocycles. The van der Waals surface area contributed by atoms with Gasteiger partial charge in [0.25, 0.3) is 0 Å². The van der Waals surface area contributed by atoms with Gasteiger partial charge in [0.2, 0.25) is 0 Å². The first-order valence-corrected chi connectivity index (χ1v) is 5.04. The molecular weight excluding hydrogens is 158 g/mol. The van der Waals surface area contributed by atoms with Crippen LogP contribution in [0.4, 0.5) is 5.69 Å². The van der Waals surface area contributed by atoms with E-state index in [9.17, 15) is 0 Å². The van der Waals surface area contributed by atoms with Crippen molar-refractivity contribution in [3.05, 3.63) is 29.8 Å². The summed E-state index contributed by atoms with van der Waals surface area (Å²) in [5.41, 5.74) is 8.25. The van der Waals surface area contributed by atoms with E-state index in [-0.39, 0.29) is 0 Å². The third kappa shape index (κ3) is 1.55. The average molecular weight is 175 g/mol. The Morgan fingerprint density at radius 1 is 1.31 bits per heavy atom. The van der Waals surface area contributed by atoms with Crippen molar-refractivity contribution in [2.24, 2.45) is 11.8 Å². The number of nitrogen functional groups attached to an aromatic ring is 1. The zero-order valence-corrected chi connectivity index (χ0v) is 8.33. The van der Waals surface area contributed by atoms with E-state index in [4.69, 9.17) is 5.73 Å². The molecule has 0 heterocycles. The lowest BCUT2D eigenvalue weighted by Crippen LogP contribution is -1.96. The van der Waals surface area contributed by atoms with Crippen LogP contribution < -0.4 is 5.73 Å². The molecule has 0 amide bonds. The Kier molecular flexibility index (Phi) is 2.03. The lowest BCUT2D eigenvalue weighted by atomic mass is 10.0. The minimum atomic E-state index is 0.737. The fourth-order valence-electron chi connectivity index (χ4n) is 2.16. The predicted molar refractivity (Wildman–Crippen MR) is 56.5 cm³/mol. The first-order chi connectivity index (χ1) is 6.20. The topological polar surface area (TPSA) is 26.0 Å². The Balaban J connectivity index is 2.16. The molecule has 1 aliphatic rings. The van der Waals surface area contributed by atoms with E-state index in [0.29, 0.717) is 0 Å². The first kappa shape index (κ1) is 8.61. The highest BCUT2D eigenvalue weighted by atomic mass is 14.6. The molecule has 13 heavy (non-hydrogen) atoms. The third-order valence-electron chi connectivity index (χ3n) is 3.09. The Bertz CT molecular complexity index is 304. The number of para-hydroxylation sites is 1. The van der Waals surface area contributed by atoms with E-state index >= 15 is 0 Å². The quantitative estimate of drug-likeness (QED) is 0.687. The molecule has 1 nitrogen and oxygen atoms in total. The van der Waals surface area contributed by atoms with Gasteiger partial charge in [-0.1, -0.05) is 32.0 Å². The van der Waals surface area contributed by atoms with Gasteiger partial charge >= 0.3 is 0 Å². The highest BCUT2D eigenvalue weighted by molar-refractivity contribution is 5.50. The molecule has 0 saturated heterocycles. The van der Waals surface area contributed by atoms with E-state index in [1.165, 1.54) is 12.0 Å². The average Bonchev–Trinajstić information content (AvgIpc) is 2.84. The van der Waals surface area contributed by atoms with Crippen molar-refractivity contribution in [3.8, 4) is 0 Å². The molecule has 1 aromatic rings. The standard InChI is InChI=1S/C12H17N/c1-8(2)10-7-11(10)9-5-3-4-6-12(9)13/h3-6,8,10-11H,7,13H2,1-2H3/t10-,11-/m1/s1. The Hall–Kier alpha value is -0.980. The normalized spacial score (nSPS) is 26.4. The van der Waals surface area contributed by atoms with Gasteiger partial charge in [0.1, 0.15) is 0 Å². The Labute approximate surface area is 80.0 Å². The second-order valence-electron chi connectivity index (χ2n) is 4.38. The number of hydrogen-bond donors (Lipinski definition) is 1. The van der Waals surface area contributed by atoms with Crippen molar-refractivity contribution < 1.29 is 0 Å².